The summed E-state index contributed by atoms with van der Waals surface area (Å²) in [5.74, 6) is 0.576. The number of carbonyl (C=O) groups is 1. The highest BCUT2D eigenvalue weighted by Gasteiger charge is 2.29. The van der Waals surface area contributed by atoms with Crippen LogP contribution in [0.1, 0.15) is 16.9 Å². The predicted octanol–water partition coefficient (Wildman–Crippen LogP) is 2.57. The fourth-order valence-corrected chi connectivity index (χ4v) is 2.91. The van der Waals surface area contributed by atoms with E-state index < -0.39 is 6.10 Å². The molecule has 1 aromatic heterocycles. The van der Waals surface area contributed by atoms with Gasteiger partial charge in [0.25, 0.3) is 5.91 Å². The van der Waals surface area contributed by atoms with E-state index in [0.29, 0.717) is 13.0 Å². The van der Waals surface area contributed by atoms with Gasteiger partial charge in [0.15, 0.2) is 0 Å². The van der Waals surface area contributed by atoms with Crippen LogP contribution in [0.15, 0.2) is 46.9 Å². The second-order valence-electron chi connectivity index (χ2n) is 4.83. The standard InChI is InChI=1S/C16H16N2O3S/c1-20-14-7-3-2-6-12(14)13-9-15(21-18-13)16(19)17-10-11-5-4-8-22-11/h2-8,15H,9-10H2,1H3,(H,17,19)/t15-/m1/s1. The maximum absolute atomic E-state index is 12.1. The van der Waals surface area contributed by atoms with Crippen molar-refractivity contribution in [2.75, 3.05) is 7.11 Å². The molecule has 22 heavy (non-hydrogen) atoms. The molecule has 1 aliphatic heterocycles. The van der Waals surface area contributed by atoms with Gasteiger partial charge >= 0.3 is 0 Å². The molecule has 0 aliphatic carbocycles. The molecule has 2 aromatic rings. The minimum Gasteiger partial charge on any atom is -0.496 e. The molecule has 0 saturated carbocycles. The molecule has 114 valence electrons. The highest BCUT2D eigenvalue weighted by Crippen LogP contribution is 2.24. The lowest BCUT2D eigenvalue weighted by Gasteiger charge is -2.09. The second-order valence-corrected chi connectivity index (χ2v) is 5.87. The van der Waals surface area contributed by atoms with Gasteiger partial charge in [0, 0.05) is 16.9 Å². The molecule has 3 rings (SSSR count). The van der Waals surface area contributed by atoms with Crippen molar-refractivity contribution in [3.8, 4) is 5.75 Å². The molecule has 1 amide bonds. The van der Waals surface area contributed by atoms with Crippen LogP contribution in [0, 0.1) is 0 Å². The van der Waals surface area contributed by atoms with Gasteiger partial charge in [-0.05, 0) is 23.6 Å². The normalized spacial score (nSPS) is 16.8. The Kier molecular flexibility index (Phi) is 4.39. The summed E-state index contributed by atoms with van der Waals surface area (Å²) in [6, 6.07) is 11.5. The number of rotatable bonds is 5. The first-order valence-corrected chi connectivity index (χ1v) is 7.82. The summed E-state index contributed by atoms with van der Waals surface area (Å²) >= 11 is 1.61. The summed E-state index contributed by atoms with van der Waals surface area (Å²) in [7, 11) is 1.61. The number of nitrogens with one attached hydrogen (secondary N) is 1. The van der Waals surface area contributed by atoms with E-state index in [0.717, 1.165) is 21.9 Å². The van der Waals surface area contributed by atoms with E-state index in [1.54, 1.807) is 18.4 Å². The Bertz CT molecular complexity index is 682. The number of carbonyl (C=O) groups excluding carboxylic acids is 1. The number of hydrogen-bond donors (Lipinski definition) is 1. The monoisotopic (exact) mass is 316 g/mol. The van der Waals surface area contributed by atoms with E-state index in [-0.39, 0.29) is 5.91 Å². The van der Waals surface area contributed by atoms with Crippen molar-refractivity contribution in [1.29, 1.82) is 0 Å². The largest absolute Gasteiger partial charge is 0.496 e. The quantitative estimate of drug-likeness (QED) is 0.922. The third kappa shape index (κ3) is 3.12. The minimum atomic E-state index is -0.583. The molecule has 6 heteroatoms. The van der Waals surface area contributed by atoms with Gasteiger partial charge in [0.1, 0.15) is 5.75 Å². The fourth-order valence-electron chi connectivity index (χ4n) is 2.26. The lowest BCUT2D eigenvalue weighted by Crippen LogP contribution is -2.34. The molecule has 0 spiro atoms. The van der Waals surface area contributed by atoms with Gasteiger partial charge in [-0.2, -0.15) is 0 Å². The first kappa shape index (κ1) is 14.6. The Morgan fingerprint density at radius 3 is 3.05 bits per heavy atom. The van der Waals surface area contributed by atoms with Crippen LogP contribution in [0.3, 0.4) is 0 Å². The average Bonchev–Trinajstić information content (AvgIpc) is 3.24. The summed E-state index contributed by atoms with van der Waals surface area (Å²) in [5.41, 5.74) is 1.59. The van der Waals surface area contributed by atoms with Crippen LogP contribution in [0.4, 0.5) is 0 Å². The maximum atomic E-state index is 12.1. The zero-order valence-corrected chi connectivity index (χ0v) is 12.9. The van der Waals surface area contributed by atoms with Crippen molar-refractivity contribution in [2.45, 2.75) is 19.1 Å². The molecular weight excluding hydrogens is 300 g/mol. The number of hydrogen-bond acceptors (Lipinski definition) is 5. The lowest BCUT2D eigenvalue weighted by molar-refractivity contribution is -0.131. The number of nitrogens with zero attached hydrogens (tertiary/aromatic N) is 1. The van der Waals surface area contributed by atoms with E-state index in [1.807, 2.05) is 41.8 Å². The summed E-state index contributed by atoms with van der Waals surface area (Å²) in [4.78, 5) is 18.5. The van der Waals surface area contributed by atoms with Crippen molar-refractivity contribution in [3.05, 3.63) is 52.2 Å². The van der Waals surface area contributed by atoms with Crippen LogP contribution in [0.5, 0.6) is 5.75 Å². The molecule has 1 aliphatic rings. The minimum absolute atomic E-state index is 0.151. The first-order chi connectivity index (χ1) is 10.8. The van der Waals surface area contributed by atoms with Crippen LogP contribution in [0.2, 0.25) is 0 Å². The Morgan fingerprint density at radius 1 is 1.41 bits per heavy atom. The molecular formula is C16H16N2O3S. The Labute approximate surface area is 132 Å². The first-order valence-electron chi connectivity index (χ1n) is 6.94. The van der Waals surface area contributed by atoms with E-state index in [9.17, 15) is 4.79 Å². The molecule has 1 aromatic carbocycles. The van der Waals surface area contributed by atoms with E-state index in [4.69, 9.17) is 9.57 Å². The smallest absolute Gasteiger partial charge is 0.264 e. The Balaban J connectivity index is 1.60. The van der Waals surface area contributed by atoms with Gasteiger partial charge in [-0.1, -0.05) is 23.4 Å². The zero-order valence-electron chi connectivity index (χ0n) is 12.1. The van der Waals surface area contributed by atoms with Gasteiger partial charge < -0.3 is 14.9 Å². The van der Waals surface area contributed by atoms with Crippen molar-refractivity contribution in [2.24, 2.45) is 5.16 Å². The number of thiophene rings is 1. The number of benzene rings is 1. The van der Waals surface area contributed by atoms with Crippen molar-refractivity contribution in [1.82, 2.24) is 5.32 Å². The van der Waals surface area contributed by atoms with E-state index in [2.05, 4.69) is 10.5 Å². The molecule has 0 fully saturated rings. The van der Waals surface area contributed by atoms with Gasteiger partial charge in [0.2, 0.25) is 6.10 Å². The van der Waals surface area contributed by atoms with Gasteiger partial charge in [-0.3, -0.25) is 4.79 Å². The molecule has 0 radical (unpaired) electrons. The van der Waals surface area contributed by atoms with Crippen molar-refractivity contribution >= 4 is 23.0 Å². The molecule has 1 atom stereocenters. The Morgan fingerprint density at radius 2 is 2.27 bits per heavy atom. The van der Waals surface area contributed by atoms with Gasteiger partial charge in [-0.25, -0.2) is 0 Å². The number of oxime groups is 1. The van der Waals surface area contributed by atoms with Crippen molar-refractivity contribution < 1.29 is 14.4 Å². The SMILES string of the molecule is COc1ccccc1C1=NO[C@@H](C(=O)NCc2cccs2)C1. The molecule has 1 N–H and O–H groups in total. The van der Waals surface area contributed by atoms with Crippen LogP contribution in [-0.4, -0.2) is 24.8 Å². The molecule has 0 bridgehead atoms. The van der Waals surface area contributed by atoms with Crippen LogP contribution in [-0.2, 0) is 16.2 Å². The fraction of sp³-hybridized carbons (Fsp3) is 0.250. The topological polar surface area (TPSA) is 59.9 Å². The summed E-state index contributed by atoms with van der Waals surface area (Å²) in [6.45, 7) is 0.514. The third-order valence-electron chi connectivity index (χ3n) is 3.40. The number of para-hydroxylation sites is 1. The van der Waals surface area contributed by atoms with E-state index >= 15 is 0 Å². The van der Waals surface area contributed by atoms with Crippen LogP contribution < -0.4 is 10.1 Å². The highest BCUT2D eigenvalue weighted by molar-refractivity contribution is 7.09. The van der Waals surface area contributed by atoms with Crippen molar-refractivity contribution in [3.63, 3.8) is 0 Å². The summed E-state index contributed by atoms with van der Waals surface area (Å²) < 4.78 is 5.31. The summed E-state index contributed by atoms with van der Waals surface area (Å²) in [5, 5.41) is 8.89. The van der Waals surface area contributed by atoms with Crippen LogP contribution in [0.25, 0.3) is 0 Å². The molecule has 0 saturated heterocycles. The number of methoxy groups -OCH3 is 1. The molecule has 0 unspecified atom stereocenters. The maximum Gasteiger partial charge on any atom is 0.264 e. The number of amides is 1. The third-order valence-corrected chi connectivity index (χ3v) is 4.27. The van der Waals surface area contributed by atoms with Gasteiger partial charge in [0.05, 0.1) is 19.4 Å². The molecule has 2 heterocycles. The summed E-state index contributed by atoms with van der Waals surface area (Å²) in [6.07, 6.45) is -0.142. The molecule has 5 nitrogen and oxygen atoms in total. The lowest BCUT2D eigenvalue weighted by atomic mass is 10.0. The highest BCUT2D eigenvalue weighted by atomic mass is 32.1. The predicted molar refractivity (Wildman–Crippen MR) is 85.2 cm³/mol. The van der Waals surface area contributed by atoms with Crippen LogP contribution >= 0.6 is 11.3 Å². The van der Waals surface area contributed by atoms with E-state index in [1.165, 1.54) is 0 Å². The zero-order chi connectivity index (χ0) is 15.4. The second kappa shape index (κ2) is 6.62. The Hall–Kier alpha value is -2.34. The number of ether oxygens (including phenoxy) is 1. The van der Waals surface area contributed by atoms with Gasteiger partial charge in [-0.15, -0.1) is 11.3 Å². The average molecular weight is 316 g/mol.